The van der Waals surface area contributed by atoms with Crippen LogP contribution < -0.4 is 9.47 Å². The number of carbonyl (C=O) groups excluding carboxylic acids is 1. The van der Waals surface area contributed by atoms with E-state index in [0.717, 1.165) is 11.1 Å². The van der Waals surface area contributed by atoms with E-state index in [1.165, 1.54) is 11.8 Å². The molecule has 1 aromatic heterocycles. The maximum Gasteiger partial charge on any atom is 0.277 e. The zero-order valence-electron chi connectivity index (χ0n) is 14.3. The van der Waals surface area contributed by atoms with Gasteiger partial charge in [-0.2, -0.15) is 0 Å². The SMILES string of the molecule is Cc1ccc(C(=O)[C@H](C)Sc2nnc(-c3ccc4c(c3)OCO4)o2)cc1. The fourth-order valence-corrected chi connectivity index (χ4v) is 3.32. The Bertz CT molecular complexity index is 952. The molecule has 1 aliphatic heterocycles. The summed E-state index contributed by atoms with van der Waals surface area (Å²) in [4.78, 5) is 12.5. The van der Waals surface area contributed by atoms with Gasteiger partial charge >= 0.3 is 0 Å². The normalized spacial score (nSPS) is 13.6. The van der Waals surface area contributed by atoms with Crippen LogP contribution in [0.25, 0.3) is 11.5 Å². The van der Waals surface area contributed by atoms with Crippen LogP contribution in [0, 0.1) is 6.92 Å². The number of nitrogens with zero attached hydrogens (tertiary/aromatic N) is 2. The number of hydrogen-bond donors (Lipinski definition) is 0. The third-order valence-electron chi connectivity index (χ3n) is 4.01. The van der Waals surface area contributed by atoms with Gasteiger partial charge in [0.1, 0.15) is 0 Å². The number of benzene rings is 2. The van der Waals surface area contributed by atoms with Gasteiger partial charge < -0.3 is 13.9 Å². The lowest BCUT2D eigenvalue weighted by molar-refractivity contribution is 0.0993. The lowest BCUT2D eigenvalue weighted by atomic mass is 10.1. The number of ketones is 1. The van der Waals surface area contributed by atoms with Gasteiger partial charge in [-0.3, -0.25) is 4.79 Å². The van der Waals surface area contributed by atoms with E-state index in [1.807, 2.05) is 44.2 Å². The Labute approximate surface area is 154 Å². The molecule has 0 amide bonds. The van der Waals surface area contributed by atoms with Crippen molar-refractivity contribution in [2.24, 2.45) is 0 Å². The number of aromatic nitrogens is 2. The molecule has 1 atom stereocenters. The van der Waals surface area contributed by atoms with Crippen molar-refractivity contribution in [3.05, 3.63) is 53.6 Å². The molecule has 2 aromatic carbocycles. The van der Waals surface area contributed by atoms with Crippen LogP contribution in [0.2, 0.25) is 0 Å². The number of rotatable bonds is 5. The largest absolute Gasteiger partial charge is 0.454 e. The van der Waals surface area contributed by atoms with Crippen molar-refractivity contribution >= 4 is 17.5 Å². The zero-order chi connectivity index (χ0) is 18.1. The highest BCUT2D eigenvalue weighted by atomic mass is 32.2. The summed E-state index contributed by atoms with van der Waals surface area (Å²) in [7, 11) is 0. The summed E-state index contributed by atoms with van der Waals surface area (Å²) in [6.45, 7) is 4.03. The van der Waals surface area contributed by atoms with E-state index >= 15 is 0 Å². The maximum atomic E-state index is 12.5. The monoisotopic (exact) mass is 368 g/mol. The number of Topliss-reactive ketones (excluding diaryl/α,β-unsaturated/α-hetero) is 1. The van der Waals surface area contributed by atoms with Crippen LogP contribution in [0.1, 0.15) is 22.8 Å². The minimum atomic E-state index is -0.331. The van der Waals surface area contributed by atoms with Crippen molar-refractivity contribution in [1.82, 2.24) is 10.2 Å². The van der Waals surface area contributed by atoms with Crippen LogP contribution in [0.15, 0.2) is 52.1 Å². The first kappa shape index (κ1) is 16.7. The average Bonchev–Trinajstić information content (AvgIpc) is 3.30. The number of carbonyl (C=O) groups is 1. The Kier molecular flexibility index (Phi) is 4.38. The molecule has 0 N–H and O–H groups in total. The van der Waals surface area contributed by atoms with Gasteiger partial charge in [0.2, 0.25) is 12.7 Å². The summed E-state index contributed by atoms with van der Waals surface area (Å²) in [5.41, 5.74) is 2.53. The quantitative estimate of drug-likeness (QED) is 0.495. The molecule has 0 aliphatic carbocycles. The molecule has 26 heavy (non-hydrogen) atoms. The summed E-state index contributed by atoms with van der Waals surface area (Å²) in [6, 6.07) is 12.9. The molecule has 7 heteroatoms. The van der Waals surface area contributed by atoms with Crippen molar-refractivity contribution in [2.45, 2.75) is 24.3 Å². The summed E-state index contributed by atoms with van der Waals surface area (Å²) >= 11 is 1.25. The van der Waals surface area contributed by atoms with Crippen LogP contribution in [-0.2, 0) is 0 Å². The van der Waals surface area contributed by atoms with Crippen LogP contribution >= 0.6 is 11.8 Å². The van der Waals surface area contributed by atoms with Crippen molar-refractivity contribution in [1.29, 1.82) is 0 Å². The Morgan fingerprint density at radius 1 is 1.08 bits per heavy atom. The second-order valence-electron chi connectivity index (χ2n) is 5.93. The smallest absolute Gasteiger partial charge is 0.277 e. The zero-order valence-corrected chi connectivity index (χ0v) is 15.1. The average molecular weight is 368 g/mol. The second kappa shape index (κ2) is 6.84. The van der Waals surface area contributed by atoms with Crippen molar-refractivity contribution in [2.75, 3.05) is 6.79 Å². The molecule has 0 radical (unpaired) electrons. The van der Waals surface area contributed by atoms with Gasteiger partial charge in [0.05, 0.1) is 5.25 Å². The minimum Gasteiger partial charge on any atom is -0.454 e. The topological polar surface area (TPSA) is 74.5 Å². The predicted octanol–water partition coefficient (Wildman–Crippen LogP) is 4.14. The van der Waals surface area contributed by atoms with Gasteiger partial charge in [-0.15, -0.1) is 10.2 Å². The second-order valence-corrected chi connectivity index (χ2v) is 7.22. The van der Waals surface area contributed by atoms with Crippen LogP contribution in [0.5, 0.6) is 11.5 Å². The van der Waals surface area contributed by atoms with Gasteiger partial charge in [-0.25, -0.2) is 0 Å². The van der Waals surface area contributed by atoms with Crippen molar-refractivity contribution < 1.29 is 18.7 Å². The Morgan fingerprint density at radius 3 is 2.65 bits per heavy atom. The van der Waals surface area contributed by atoms with Crippen LogP contribution in [-0.4, -0.2) is 28.0 Å². The fourth-order valence-electron chi connectivity index (χ4n) is 2.56. The van der Waals surface area contributed by atoms with E-state index in [4.69, 9.17) is 13.9 Å². The summed E-state index contributed by atoms with van der Waals surface area (Å²) in [6.07, 6.45) is 0. The summed E-state index contributed by atoms with van der Waals surface area (Å²) < 4.78 is 16.3. The first-order valence-corrected chi connectivity index (χ1v) is 8.99. The number of aryl methyl sites for hydroxylation is 1. The van der Waals surface area contributed by atoms with E-state index < -0.39 is 0 Å². The predicted molar refractivity (Wildman–Crippen MR) is 96.7 cm³/mol. The maximum absolute atomic E-state index is 12.5. The van der Waals surface area contributed by atoms with E-state index in [0.29, 0.717) is 28.2 Å². The first-order valence-electron chi connectivity index (χ1n) is 8.11. The molecule has 3 aromatic rings. The molecular formula is C19H16N2O4S. The third kappa shape index (κ3) is 3.30. The summed E-state index contributed by atoms with van der Waals surface area (Å²) in [5, 5.41) is 8.12. The number of ether oxygens (including phenoxy) is 2. The molecular weight excluding hydrogens is 352 g/mol. The highest BCUT2D eigenvalue weighted by molar-refractivity contribution is 8.00. The molecule has 0 saturated heterocycles. The molecule has 0 saturated carbocycles. The Hall–Kier alpha value is -2.80. The third-order valence-corrected chi connectivity index (χ3v) is 4.94. The molecule has 6 nitrogen and oxygen atoms in total. The Balaban J connectivity index is 1.48. The highest BCUT2D eigenvalue weighted by Gasteiger charge is 2.21. The lowest BCUT2D eigenvalue weighted by Crippen LogP contribution is -2.13. The van der Waals surface area contributed by atoms with Crippen molar-refractivity contribution in [3.8, 4) is 23.0 Å². The van der Waals surface area contributed by atoms with Gasteiger partial charge in [0, 0.05) is 11.1 Å². The standard InChI is InChI=1S/C19H16N2O4S/c1-11-3-5-13(6-4-11)17(22)12(2)26-19-21-20-18(25-19)14-7-8-15-16(9-14)24-10-23-15/h3-9,12H,10H2,1-2H3/t12-/m0/s1. The van der Waals surface area contributed by atoms with Crippen LogP contribution in [0.4, 0.5) is 0 Å². The van der Waals surface area contributed by atoms with Crippen LogP contribution in [0.3, 0.4) is 0 Å². The minimum absolute atomic E-state index is 0.0258. The first-order chi connectivity index (χ1) is 12.6. The van der Waals surface area contributed by atoms with E-state index in [2.05, 4.69) is 10.2 Å². The highest BCUT2D eigenvalue weighted by Crippen LogP contribution is 2.36. The number of hydrogen-bond acceptors (Lipinski definition) is 7. The molecule has 0 spiro atoms. The molecule has 4 rings (SSSR count). The van der Waals surface area contributed by atoms with Crippen molar-refractivity contribution in [3.63, 3.8) is 0 Å². The number of thioether (sulfide) groups is 1. The van der Waals surface area contributed by atoms with E-state index in [1.54, 1.807) is 12.1 Å². The van der Waals surface area contributed by atoms with Gasteiger partial charge in [0.25, 0.3) is 5.22 Å². The van der Waals surface area contributed by atoms with E-state index in [-0.39, 0.29) is 17.8 Å². The molecule has 0 unspecified atom stereocenters. The molecule has 0 bridgehead atoms. The molecule has 0 fully saturated rings. The summed E-state index contributed by atoms with van der Waals surface area (Å²) in [5.74, 6) is 1.75. The van der Waals surface area contributed by atoms with Gasteiger partial charge in [0.15, 0.2) is 17.3 Å². The fraction of sp³-hybridized carbons (Fsp3) is 0.211. The number of fused-ring (bicyclic) bond motifs is 1. The van der Waals surface area contributed by atoms with Gasteiger partial charge in [-0.1, -0.05) is 41.6 Å². The molecule has 1 aliphatic rings. The van der Waals surface area contributed by atoms with Gasteiger partial charge in [-0.05, 0) is 32.0 Å². The van der Waals surface area contributed by atoms with E-state index in [9.17, 15) is 4.79 Å². The Morgan fingerprint density at radius 2 is 1.85 bits per heavy atom. The lowest BCUT2D eigenvalue weighted by Gasteiger charge is -2.07. The molecule has 2 heterocycles. The molecule has 132 valence electrons.